The van der Waals surface area contributed by atoms with Gasteiger partial charge >= 0.3 is 0 Å². The molecule has 1 nitrogen and oxygen atoms in total. The molecule has 0 bridgehead atoms. The van der Waals surface area contributed by atoms with E-state index in [1.165, 1.54) is 21.7 Å². The normalized spacial score (nSPS) is 12.6. The molecule has 2 aromatic carbocycles. The van der Waals surface area contributed by atoms with Crippen LogP contribution < -0.4 is 5.32 Å². The van der Waals surface area contributed by atoms with Crippen molar-refractivity contribution in [2.75, 3.05) is 5.32 Å². The monoisotopic (exact) mass is 303 g/mol. The van der Waals surface area contributed by atoms with Crippen molar-refractivity contribution < 1.29 is 8.78 Å². The zero-order chi connectivity index (χ0) is 15.0. The van der Waals surface area contributed by atoms with Gasteiger partial charge in [0, 0.05) is 9.58 Å². The van der Waals surface area contributed by atoms with Crippen molar-refractivity contribution in [3.05, 3.63) is 64.5 Å². The molecule has 0 spiro atoms. The maximum Gasteiger partial charge on any atom is 0.146 e. The van der Waals surface area contributed by atoms with Gasteiger partial charge in [0.25, 0.3) is 0 Å². The SMILES string of the molecule is Cc1c(C(C)Nc2cc(F)ccc2F)sc2ccccc12. The topological polar surface area (TPSA) is 12.0 Å². The molecule has 0 aliphatic heterocycles. The highest BCUT2D eigenvalue weighted by atomic mass is 32.1. The Hall–Kier alpha value is -1.94. The van der Waals surface area contributed by atoms with E-state index in [1.807, 2.05) is 19.1 Å². The molecule has 1 N–H and O–H groups in total. The van der Waals surface area contributed by atoms with Gasteiger partial charge in [-0.1, -0.05) is 18.2 Å². The summed E-state index contributed by atoms with van der Waals surface area (Å²) in [4.78, 5) is 1.14. The third-order valence-corrected chi connectivity index (χ3v) is 5.03. The van der Waals surface area contributed by atoms with Gasteiger partial charge < -0.3 is 5.32 Å². The number of anilines is 1. The molecule has 0 aliphatic rings. The van der Waals surface area contributed by atoms with Crippen molar-refractivity contribution in [2.45, 2.75) is 19.9 Å². The molecule has 4 heteroatoms. The summed E-state index contributed by atoms with van der Waals surface area (Å²) in [6, 6.07) is 11.5. The van der Waals surface area contributed by atoms with Crippen molar-refractivity contribution in [1.82, 2.24) is 0 Å². The first kappa shape index (κ1) is 14.0. The Balaban J connectivity index is 1.95. The Bertz CT molecular complexity index is 795. The smallest absolute Gasteiger partial charge is 0.146 e. The van der Waals surface area contributed by atoms with Crippen LogP contribution in [0.2, 0.25) is 0 Å². The van der Waals surface area contributed by atoms with Crippen LogP contribution in [-0.2, 0) is 0 Å². The molecule has 0 saturated carbocycles. The quantitative estimate of drug-likeness (QED) is 0.658. The highest BCUT2D eigenvalue weighted by molar-refractivity contribution is 7.19. The number of rotatable bonds is 3. The minimum absolute atomic E-state index is 0.0845. The number of aryl methyl sites for hydroxylation is 1. The van der Waals surface area contributed by atoms with Gasteiger partial charge in [-0.2, -0.15) is 0 Å². The van der Waals surface area contributed by atoms with Crippen LogP contribution in [0, 0.1) is 18.6 Å². The van der Waals surface area contributed by atoms with Gasteiger partial charge in [-0.25, -0.2) is 8.78 Å². The average Bonchev–Trinajstić information content (AvgIpc) is 2.81. The van der Waals surface area contributed by atoms with Gasteiger partial charge in [0.2, 0.25) is 0 Å². The summed E-state index contributed by atoms with van der Waals surface area (Å²) in [5.74, 6) is -0.888. The van der Waals surface area contributed by atoms with E-state index in [0.29, 0.717) is 0 Å². The molecule has 0 fully saturated rings. The van der Waals surface area contributed by atoms with Crippen LogP contribution in [0.1, 0.15) is 23.4 Å². The Kier molecular flexibility index (Phi) is 3.64. The van der Waals surface area contributed by atoms with Gasteiger partial charge in [-0.15, -0.1) is 11.3 Å². The zero-order valence-corrected chi connectivity index (χ0v) is 12.6. The average molecular weight is 303 g/mol. The van der Waals surface area contributed by atoms with Crippen molar-refractivity contribution in [3.8, 4) is 0 Å². The number of hydrogen-bond donors (Lipinski definition) is 1. The molecule has 3 aromatic rings. The highest BCUT2D eigenvalue weighted by Gasteiger charge is 2.15. The lowest BCUT2D eigenvalue weighted by molar-refractivity contribution is 0.600. The number of nitrogens with one attached hydrogen (secondary N) is 1. The van der Waals surface area contributed by atoms with E-state index in [9.17, 15) is 8.78 Å². The molecular weight excluding hydrogens is 288 g/mol. The van der Waals surface area contributed by atoms with Gasteiger partial charge in [0.05, 0.1) is 11.7 Å². The lowest BCUT2D eigenvalue weighted by Gasteiger charge is -2.15. The van der Waals surface area contributed by atoms with Crippen molar-refractivity contribution >= 4 is 27.1 Å². The van der Waals surface area contributed by atoms with Gasteiger partial charge in [0.1, 0.15) is 11.6 Å². The number of thiophene rings is 1. The maximum absolute atomic E-state index is 13.7. The molecule has 108 valence electrons. The fourth-order valence-electron chi connectivity index (χ4n) is 2.51. The maximum atomic E-state index is 13.7. The van der Waals surface area contributed by atoms with Crippen LogP contribution in [-0.4, -0.2) is 0 Å². The summed E-state index contributed by atoms with van der Waals surface area (Å²) in [5.41, 5.74) is 1.38. The minimum Gasteiger partial charge on any atom is -0.375 e. The standard InChI is InChI=1S/C17H15F2NS/c1-10-13-5-3-4-6-16(13)21-17(10)11(2)20-15-9-12(18)7-8-14(15)19/h3-9,11,20H,1-2H3. The predicted molar refractivity (Wildman–Crippen MR) is 85.0 cm³/mol. The molecule has 3 rings (SSSR count). The van der Waals surface area contributed by atoms with E-state index in [1.54, 1.807) is 11.3 Å². The second kappa shape index (κ2) is 5.45. The largest absolute Gasteiger partial charge is 0.375 e. The highest BCUT2D eigenvalue weighted by Crippen LogP contribution is 2.36. The third-order valence-electron chi connectivity index (χ3n) is 3.57. The van der Waals surface area contributed by atoms with Gasteiger partial charge in [-0.05, 0) is 49.1 Å². The summed E-state index contributed by atoms with van der Waals surface area (Å²) in [6.45, 7) is 4.02. The zero-order valence-electron chi connectivity index (χ0n) is 11.8. The summed E-state index contributed by atoms with van der Waals surface area (Å²) in [6.07, 6.45) is 0. The first-order valence-electron chi connectivity index (χ1n) is 6.76. The van der Waals surface area contributed by atoms with Crippen molar-refractivity contribution in [1.29, 1.82) is 0 Å². The first-order chi connectivity index (χ1) is 10.1. The van der Waals surface area contributed by atoms with Crippen LogP contribution in [0.5, 0.6) is 0 Å². The van der Waals surface area contributed by atoms with E-state index >= 15 is 0 Å². The molecule has 1 unspecified atom stereocenters. The molecular formula is C17H15F2NS. The summed E-state index contributed by atoms with van der Waals surface area (Å²) < 4.78 is 28.2. The lowest BCUT2D eigenvalue weighted by atomic mass is 10.1. The molecule has 0 saturated heterocycles. The number of benzene rings is 2. The summed E-state index contributed by atoms with van der Waals surface area (Å²) in [7, 11) is 0. The van der Waals surface area contributed by atoms with E-state index in [4.69, 9.17) is 0 Å². The fraction of sp³-hybridized carbons (Fsp3) is 0.176. The lowest BCUT2D eigenvalue weighted by Crippen LogP contribution is -2.07. The van der Waals surface area contributed by atoms with E-state index in [2.05, 4.69) is 24.4 Å². The predicted octanol–water partition coefficient (Wildman–Crippen LogP) is 5.66. The van der Waals surface area contributed by atoms with Crippen LogP contribution in [0.25, 0.3) is 10.1 Å². The number of halogens is 2. The Morgan fingerprint density at radius 1 is 1.10 bits per heavy atom. The van der Waals surface area contributed by atoms with E-state index in [0.717, 1.165) is 17.0 Å². The summed E-state index contributed by atoms with van der Waals surface area (Å²) >= 11 is 1.68. The second-order valence-electron chi connectivity index (χ2n) is 5.08. The van der Waals surface area contributed by atoms with E-state index < -0.39 is 11.6 Å². The van der Waals surface area contributed by atoms with Crippen LogP contribution in [0.3, 0.4) is 0 Å². The molecule has 1 atom stereocenters. The Morgan fingerprint density at radius 2 is 1.86 bits per heavy atom. The molecule has 0 amide bonds. The third kappa shape index (κ3) is 2.63. The Labute approximate surface area is 126 Å². The van der Waals surface area contributed by atoms with E-state index in [-0.39, 0.29) is 11.7 Å². The van der Waals surface area contributed by atoms with Crippen molar-refractivity contribution in [3.63, 3.8) is 0 Å². The van der Waals surface area contributed by atoms with Crippen LogP contribution in [0.4, 0.5) is 14.5 Å². The molecule has 0 radical (unpaired) electrons. The molecule has 0 aliphatic carbocycles. The number of hydrogen-bond acceptors (Lipinski definition) is 2. The van der Waals surface area contributed by atoms with Crippen LogP contribution in [0.15, 0.2) is 42.5 Å². The fourth-order valence-corrected chi connectivity index (χ4v) is 3.73. The second-order valence-corrected chi connectivity index (χ2v) is 6.16. The Morgan fingerprint density at radius 3 is 2.62 bits per heavy atom. The summed E-state index contributed by atoms with van der Waals surface area (Å²) in [5, 5.41) is 4.28. The van der Waals surface area contributed by atoms with Gasteiger partial charge in [0.15, 0.2) is 0 Å². The molecule has 1 aromatic heterocycles. The molecule has 21 heavy (non-hydrogen) atoms. The van der Waals surface area contributed by atoms with Crippen LogP contribution >= 0.6 is 11.3 Å². The minimum atomic E-state index is -0.445. The molecule has 1 heterocycles. The van der Waals surface area contributed by atoms with Crippen molar-refractivity contribution in [2.24, 2.45) is 0 Å². The van der Waals surface area contributed by atoms with Gasteiger partial charge in [-0.3, -0.25) is 0 Å². The first-order valence-corrected chi connectivity index (χ1v) is 7.57. The number of fused-ring (bicyclic) bond motifs is 1.